The van der Waals surface area contributed by atoms with E-state index in [4.69, 9.17) is 33.2 Å². The third-order valence-electron chi connectivity index (χ3n) is 5.93. The van der Waals surface area contributed by atoms with Gasteiger partial charge in [0.2, 0.25) is 5.91 Å². The molecular formula is C26H48N4O11. The van der Waals surface area contributed by atoms with E-state index in [0.717, 1.165) is 18.7 Å². The van der Waals surface area contributed by atoms with Gasteiger partial charge in [0.05, 0.1) is 91.0 Å². The van der Waals surface area contributed by atoms with E-state index in [1.54, 1.807) is 10.9 Å². The third-order valence-corrected chi connectivity index (χ3v) is 5.93. The first kappa shape index (κ1) is 35.4. The minimum absolute atomic E-state index is 0.0707. The van der Waals surface area contributed by atoms with Gasteiger partial charge in [0.15, 0.2) is 6.29 Å². The van der Waals surface area contributed by atoms with Gasteiger partial charge in [-0.2, -0.15) is 0 Å². The molecule has 15 nitrogen and oxygen atoms in total. The minimum atomic E-state index is -1.13. The number of aromatic nitrogens is 3. The number of ether oxygens (including phenoxy) is 7. The van der Waals surface area contributed by atoms with E-state index in [0.29, 0.717) is 92.0 Å². The van der Waals surface area contributed by atoms with E-state index < -0.39 is 31.2 Å². The normalized spacial score (nSPS) is 20.9. The molecule has 238 valence electrons. The molecule has 4 N–H and O–H groups in total. The largest absolute Gasteiger partial charge is 0.394 e. The number of nitrogens with one attached hydrogen (secondary N) is 1. The highest BCUT2D eigenvalue weighted by atomic mass is 16.7. The number of amides is 1. The van der Waals surface area contributed by atoms with E-state index in [-0.39, 0.29) is 12.3 Å². The smallest absolute Gasteiger partial charge is 0.222 e. The van der Waals surface area contributed by atoms with Crippen LogP contribution >= 0.6 is 0 Å². The van der Waals surface area contributed by atoms with Crippen LogP contribution in [0.2, 0.25) is 0 Å². The van der Waals surface area contributed by atoms with E-state index in [1.165, 1.54) is 0 Å². The Morgan fingerprint density at radius 1 is 0.976 bits per heavy atom. The van der Waals surface area contributed by atoms with E-state index in [9.17, 15) is 20.1 Å². The van der Waals surface area contributed by atoms with Crippen LogP contribution in [0.15, 0.2) is 6.20 Å². The van der Waals surface area contributed by atoms with Gasteiger partial charge < -0.3 is 53.8 Å². The fourth-order valence-electron chi connectivity index (χ4n) is 3.71. The first-order valence-corrected chi connectivity index (χ1v) is 14.3. The van der Waals surface area contributed by atoms with Crippen molar-refractivity contribution in [3.63, 3.8) is 0 Å². The Hall–Kier alpha value is -1.79. The molecule has 4 atom stereocenters. The molecule has 1 aliphatic rings. The predicted molar refractivity (Wildman–Crippen MR) is 144 cm³/mol. The molecule has 0 aliphatic carbocycles. The summed E-state index contributed by atoms with van der Waals surface area (Å²) in [6.07, 6.45) is 0.0190. The van der Waals surface area contributed by atoms with Gasteiger partial charge in [-0.25, -0.2) is 4.68 Å². The zero-order valence-electron chi connectivity index (χ0n) is 24.1. The molecule has 0 bridgehead atoms. The molecule has 0 radical (unpaired) electrons. The highest BCUT2D eigenvalue weighted by molar-refractivity contribution is 5.75. The summed E-state index contributed by atoms with van der Waals surface area (Å²) in [5.41, 5.74) is 0.737. The van der Waals surface area contributed by atoms with Gasteiger partial charge in [-0.1, -0.05) is 12.1 Å². The molecule has 41 heavy (non-hydrogen) atoms. The Balaban J connectivity index is 1.35. The standard InChI is InChI=1S/C26H48N4O11/c1-2-7-35-12-13-36-8-4-24(33)27-5-10-37-14-16-39-17-15-38-11-6-30-19-21(28-29-30)3-9-40-25-18-22(32)26(34)23(20-31)41-25/h19,22-23,25-26,31-32,34H,2-18,20H2,1H3,(H,27,33). The molecule has 2 rings (SSSR count). The fourth-order valence-corrected chi connectivity index (χ4v) is 3.71. The van der Waals surface area contributed by atoms with Crippen LogP contribution in [0.25, 0.3) is 0 Å². The minimum Gasteiger partial charge on any atom is -0.394 e. The molecule has 4 unspecified atom stereocenters. The molecule has 1 aliphatic heterocycles. The van der Waals surface area contributed by atoms with Crippen molar-refractivity contribution >= 4 is 5.91 Å². The molecule has 1 fully saturated rings. The van der Waals surface area contributed by atoms with E-state index >= 15 is 0 Å². The van der Waals surface area contributed by atoms with E-state index in [2.05, 4.69) is 15.6 Å². The van der Waals surface area contributed by atoms with Crippen molar-refractivity contribution in [3.05, 3.63) is 11.9 Å². The summed E-state index contributed by atoms with van der Waals surface area (Å²) in [5.74, 6) is -0.0707. The van der Waals surface area contributed by atoms with Gasteiger partial charge in [0.25, 0.3) is 0 Å². The van der Waals surface area contributed by atoms with Crippen molar-refractivity contribution in [2.24, 2.45) is 0 Å². The van der Waals surface area contributed by atoms with Gasteiger partial charge in [0, 0.05) is 38.6 Å². The Morgan fingerprint density at radius 2 is 1.63 bits per heavy atom. The second-order valence-corrected chi connectivity index (χ2v) is 9.34. The maximum Gasteiger partial charge on any atom is 0.222 e. The van der Waals surface area contributed by atoms with Gasteiger partial charge in [-0.15, -0.1) is 5.10 Å². The lowest BCUT2D eigenvalue weighted by Gasteiger charge is -2.35. The molecular weight excluding hydrogens is 544 g/mol. The summed E-state index contributed by atoms with van der Waals surface area (Å²) in [6, 6.07) is 0. The Kier molecular flexibility index (Phi) is 19.7. The zero-order valence-corrected chi connectivity index (χ0v) is 24.1. The van der Waals surface area contributed by atoms with Gasteiger partial charge in [-0.3, -0.25) is 4.79 Å². The summed E-state index contributed by atoms with van der Waals surface area (Å²) in [6.45, 7) is 7.67. The first-order valence-electron chi connectivity index (χ1n) is 14.3. The van der Waals surface area contributed by atoms with Crippen molar-refractivity contribution in [2.45, 2.75) is 63.8 Å². The summed E-state index contributed by atoms with van der Waals surface area (Å²) in [7, 11) is 0. The highest BCUT2D eigenvalue weighted by Gasteiger charge is 2.36. The Bertz CT molecular complexity index is 788. The van der Waals surface area contributed by atoms with Crippen molar-refractivity contribution < 1.29 is 53.3 Å². The second kappa shape index (κ2) is 22.8. The van der Waals surface area contributed by atoms with Crippen molar-refractivity contribution in [2.75, 3.05) is 85.8 Å². The maximum atomic E-state index is 11.7. The molecule has 0 aromatic carbocycles. The van der Waals surface area contributed by atoms with Crippen LogP contribution in [-0.4, -0.2) is 147 Å². The number of nitrogens with zero attached hydrogens (tertiary/aromatic N) is 3. The van der Waals surface area contributed by atoms with Crippen LogP contribution < -0.4 is 5.32 Å². The van der Waals surface area contributed by atoms with Crippen molar-refractivity contribution in [3.8, 4) is 0 Å². The van der Waals surface area contributed by atoms with Gasteiger partial charge in [-0.05, 0) is 6.42 Å². The highest BCUT2D eigenvalue weighted by Crippen LogP contribution is 2.21. The number of hydrogen-bond acceptors (Lipinski definition) is 13. The number of aliphatic hydroxyl groups excluding tert-OH is 3. The van der Waals surface area contributed by atoms with Gasteiger partial charge >= 0.3 is 0 Å². The van der Waals surface area contributed by atoms with Crippen LogP contribution in [0.4, 0.5) is 0 Å². The molecule has 1 saturated heterocycles. The van der Waals surface area contributed by atoms with Crippen LogP contribution in [-0.2, 0) is 50.9 Å². The monoisotopic (exact) mass is 592 g/mol. The lowest BCUT2D eigenvalue weighted by atomic mass is 10.0. The third kappa shape index (κ3) is 16.4. The number of carbonyl (C=O) groups excluding carboxylic acids is 1. The predicted octanol–water partition coefficient (Wildman–Crippen LogP) is -1.33. The average molecular weight is 593 g/mol. The Morgan fingerprint density at radius 3 is 2.34 bits per heavy atom. The average Bonchev–Trinajstić information content (AvgIpc) is 3.42. The number of hydrogen-bond donors (Lipinski definition) is 4. The first-order chi connectivity index (χ1) is 20.0. The maximum absolute atomic E-state index is 11.7. The SMILES string of the molecule is CCCOCCOCCC(=O)NCCOCCOCCOCCn1cc(CCOC2CC(O)C(O)C(CO)O2)nn1. The molecule has 1 amide bonds. The van der Waals surface area contributed by atoms with Gasteiger partial charge in [0.1, 0.15) is 12.2 Å². The lowest BCUT2D eigenvalue weighted by molar-refractivity contribution is -0.256. The topological polar surface area (TPSA) is 185 Å². The summed E-state index contributed by atoms with van der Waals surface area (Å²) >= 11 is 0. The fraction of sp³-hybridized carbons (Fsp3) is 0.885. The lowest BCUT2D eigenvalue weighted by Crippen LogP contribution is -2.50. The number of aliphatic hydroxyl groups is 3. The number of rotatable bonds is 25. The van der Waals surface area contributed by atoms with Crippen molar-refractivity contribution in [1.29, 1.82) is 0 Å². The Labute approximate surface area is 241 Å². The van der Waals surface area contributed by atoms with Crippen LogP contribution in [0, 0.1) is 0 Å². The summed E-state index contributed by atoms with van der Waals surface area (Å²) in [5, 5.41) is 39.8. The molecule has 15 heteroatoms. The summed E-state index contributed by atoms with van der Waals surface area (Å²) in [4.78, 5) is 11.7. The molecule has 2 heterocycles. The van der Waals surface area contributed by atoms with Crippen LogP contribution in [0.5, 0.6) is 0 Å². The quantitative estimate of drug-likeness (QED) is 0.0980. The zero-order chi connectivity index (χ0) is 29.5. The molecule has 1 aromatic heterocycles. The van der Waals surface area contributed by atoms with Crippen LogP contribution in [0.3, 0.4) is 0 Å². The summed E-state index contributed by atoms with van der Waals surface area (Å²) < 4.78 is 39.8. The van der Waals surface area contributed by atoms with Crippen LogP contribution in [0.1, 0.15) is 31.9 Å². The molecule has 0 saturated carbocycles. The molecule has 1 aromatic rings. The van der Waals surface area contributed by atoms with Crippen molar-refractivity contribution in [1.82, 2.24) is 20.3 Å². The number of carbonyl (C=O) groups is 1. The molecule has 0 spiro atoms. The second-order valence-electron chi connectivity index (χ2n) is 9.34. The van der Waals surface area contributed by atoms with E-state index in [1.807, 2.05) is 6.92 Å².